The Morgan fingerprint density at radius 3 is 2.47 bits per heavy atom. The van der Waals surface area contributed by atoms with Gasteiger partial charge in [0.2, 0.25) is 5.91 Å². The zero-order valence-corrected chi connectivity index (χ0v) is 10.8. The predicted molar refractivity (Wildman–Crippen MR) is 65.7 cm³/mol. The van der Waals surface area contributed by atoms with Gasteiger partial charge in [0.15, 0.2) is 0 Å². The average molecular weight is 241 g/mol. The van der Waals surface area contributed by atoms with E-state index in [1.807, 2.05) is 6.92 Å². The van der Waals surface area contributed by atoms with Crippen LogP contribution in [0.1, 0.15) is 52.4 Å². The highest BCUT2D eigenvalue weighted by molar-refractivity contribution is 5.77. The summed E-state index contributed by atoms with van der Waals surface area (Å²) in [6.07, 6.45) is 5.05. The summed E-state index contributed by atoms with van der Waals surface area (Å²) in [5.41, 5.74) is 0. The smallest absolute Gasteiger partial charge is 0.305 e. The van der Waals surface area contributed by atoms with Crippen LogP contribution < -0.4 is 0 Å². The molecule has 0 spiro atoms. The number of carboxylic acid groups (broad SMARTS) is 1. The Hall–Kier alpha value is -1.06. The molecule has 1 aliphatic carbocycles. The fourth-order valence-electron chi connectivity index (χ4n) is 2.65. The number of hydrogen-bond acceptors (Lipinski definition) is 2. The third kappa shape index (κ3) is 4.02. The van der Waals surface area contributed by atoms with E-state index in [1.54, 1.807) is 4.90 Å². The molecule has 1 saturated carbocycles. The first-order valence-corrected chi connectivity index (χ1v) is 6.57. The maximum absolute atomic E-state index is 11.9. The van der Waals surface area contributed by atoms with Gasteiger partial charge in [0, 0.05) is 19.0 Å². The first-order valence-electron chi connectivity index (χ1n) is 6.57. The molecule has 0 heterocycles. The summed E-state index contributed by atoms with van der Waals surface area (Å²) >= 11 is 0. The lowest BCUT2D eigenvalue weighted by Crippen LogP contribution is -2.46. The van der Waals surface area contributed by atoms with E-state index in [2.05, 4.69) is 6.92 Å². The van der Waals surface area contributed by atoms with Crippen LogP contribution in [0.2, 0.25) is 0 Å². The lowest BCUT2D eigenvalue weighted by Gasteiger charge is -2.38. The Balaban J connectivity index is 2.66. The van der Waals surface area contributed by atoms with Crippen LogP contribution in [0.3, 0.4) is 0 Å². The highest BCUT2D eigenvalue weighted by Crippen LogP contribution is 2.28. The van der Waals surface area contributed by atoms with Gasteiger partial charge in [-0.15, -0.1) is 0 Å². The van der Waals surface area contributed by atoms with Gasteiger partial charge in [0.05, 0.1) is 6.42 Å². The van der Waals surface area contributed by atoms with Gasteiger partial charge in [-0.25, -0.2) is 0 Å². The summed E-state index contributed by atoms with van der Waals surface area (Å²) in [6, 6.07) is 0.246. The second-order valence-corrected chi connectivity index (χ2v) is 4.91. The SMILES string of the molecule is CCC(=O)N(CCC(=O)O)C1CCCCC1C. The van der Waals surface area contributed by atoms with Crippen molar-refractivity contribution >= 4 is 11.9 Å². The fraction of sp³-hybridized carbons (Fsp3) is 0.846. The molecule has 1 aliphatic rings. The van der Waals surface area contributed by atoms with Crippen molar-refractivity contribution in [2.45, 2.75) is 58.4 Å². The Morgan fingerprint density at radius 1 is 1.29 bits per heavy atom. The number of aliphatic carboxylic acids is 1. The van der Waals surface area contributed by atoms with E-state index >= 15 is 0 Å². The molecule has 0 saturated heterocycles. The summed E-state index contributed by atoms with van der Waals surface area (Å²) in [6.45, 7) is 4.36. The molecule has 2 unspecified atom stereocenters. The molecule has 1 amide bonds. The van der Waals surface area contributed by atoms with E-state index in [0.717, 1.165) is 19.3 Å². The van der Waals surface area contributed by atoms with Gasteiger partial charge in [-0.1, -0.05) is 26.7 Å². The van der Waals surface area contributed by atoms with Crippen LogP contribution in [0.4, 0.5) is 0 Å². The minimum atomic E-state index is -0.831. The molecular weight excluding hydrogens is 218 g/mol. The molecule has 0 aromatic heterocycles. The zero-order chi connectivity index (χ0) is 12.8. The molecule has 1 fully saturated rings. The highest BCUT2D eigenvalue weighted by Gasteiger charge is 2.29. The van der Waals surface area contributed by atoms with Crippen molar-refractivity contribution in [2.24, 2.45) is 5.92 Å². The number of hydrogen-bond donors (Lipinski definition) is 1. The number of carbonyl (C=O) groups is 2. The molecule has 2 atom stereocenters. The van der Waals surface area contributed by atoms with Crippen LogP contribution in [-0.2, 0) is 9.59 Å². The topological polar surface area (TPSA) is 57.6 Å². The van der Waals surface area contributed by atoms with E-state index in [9.17, 15) is 9.59 Å². The quantitative estimate of drug-likeness (QED) is 0.803. The van der Waals surface area contributed by atoms with Gasteiger partial charge in [-0.2, -0.15) is 0 Å². The molecule has 0 radical (unpaired) electrons. The maximum atomic E-state index is 11.9. The Bertz CT molecular complexity index is 278. The monoisotopic (exact) mass is 241 g/mol. The molecule has 17 heavy (non-hydrogen) atoms. The Kier molecular flexibility index (Phi) is 5.45. The van der Waals surface area contributed by atoms with Gasteiger partial charge in [-0.05, 0) is 18.8 Å². The maximum Gasteiger partial charge on any atom is 0.305 e. The minimum Gasteiger partial charge on any atom is -0.481 e. The van der Waals surface area contributed by atoms with Gasteiger partial charge >= 0.3 is 5.97 Å². The number of rotatable bonds is 5. The number of carbonyl (C=O) groups excluding carboxylic acids is 1. The summed E-state index contributed by atoms with van der Waals surface area (Å²) in [5.74, 6) is -0.250. The fourth-order valence-corrected chi connectivity index (χ4v) is 2.65. The van der Waals surface area contributed by atoms with Crippen LogP contribution >= 0.6 is 0 Å². The van der Waals surface area contributed by atoms with Crippen molar-refractivity contribution in [3.63, 3.8) is 0 Å². The molecule has 0 bridgehead atoms. The number of carboxylic acids is 1. The molecule has 1 rings (SSSR count). The Labute approximate surface area is 103 Å². The van der Waals surface area contributed by atoms with Crippen LogP contribution in [0.5, 0.6) is 0 Å². The van der Waals surface area contributed by atoms with E-state index in [1.165, 1.54) is 6.42 Å². The average Bonchev–Trinajstić information content (AvgIpc) is 2.30. The molecule has 0 aromatic carbocycles. The van der Waals surface area contributed by atoms with E-state index in [-0.39, 0.29) is 18.4 Å². The molecule has 4 heteroatoms. The van der Waals surface area contributed by atoms with Crippen molar-refractivity contribution in [1.82, 2.24) is 4.90 Å². The second kappa shape index (κ2) is 6.62. The lowest BCUT2D eigenvalue weighted by molar-refractivity contribution is -0.140. The lowest BCUT2D eigenvalue weighted by atomic mass is 9.84. The molecule has 0 aliphatic heterocycles. The van der Waals surface area contributed by atoms with Crippen molar-refractivity contribution in [2.75, 3.05) is 6.54 Å². The predicted octanol–water partition coefficient (Wildman–Crippen LogP) is 2.28. The first kappa shape index (κ1) is 14.0. The van der Waals surface area contributed by atoms with Crippen molar-refractivity contribution in [3.8, 4) is 0 Å². The van der Waals surface area contributed by atoms with Gasteiger partial charge in [-0.3, -0.25) is 9.59 Å². The third-order valence-corrected chi connectivity index (χ3v) is 3.66. The first-order chi connectivity index (χ1) is 8.06. The van der Waals surface area contributed by atoms with Crippen molar-refractivity contribution < 1.29 is 14.7 Å². The van der Waals surface area contributed by atoms with Crippen molar-refractivity contribution in [1.29, 1.82) is 0 Å². The number of amides is 1. The Morgan fingerprint density at radius 2 is 1.94 bits per heavy atom. The molecule has 4 nitrogen and oxygen atoms in total. The summed E-state index contributed by atoms with van der Waals surface area (Å²) < 4.78 is 0. The summed E-state index contributed by atoms with van der Waals surface area (Å²) in [7, 11) is 0. The van der Waals surface area contributed by atoms with Crippen molar-refractivity contribution in [3.05, 3.63) is 0 Å². The zero-order valence-electron chi connectivity index (χ0n) is 10.8. The van der Waals surface area contributed by atoms with Gasteiger partial charge in [0.1, 0.15) is 0 Å². The summed E-state index contributed by atoms with van der Waals surface area (Å²) in [4.78, 5) is 24.3. The van der Waals surface area contributed by atoms with Crippen LogP contribution in [0.15, 0.2) is 0 Å². The standard InChI is InChI=1S/C13H23NO3/c1-3-12(15)14(9-8-13(16)17)11-7-5-4-6-10(11)2/h10-11H,3-9H2,1-2H3,(H,16,17). The molecular formula is C13H23NO3. The summed E-state index contributed by atoms with van der Waals surface area (Å²) in [5, 5.41) is 8.74. The highest BCUT2D eigenvalue weighted by atomic mass is 16.4. The minimum absolute atomic E-state index is 0.0506. The normalized spacial score (nSPS) is 24.4. The third-order valence-electron chi connectivity index (χ3n) is 3.66. The van der Waals surface area contributed by atoms with Gasteiger partial charge in [0.25, 0.3) is 0 Å². The molecule has 0 aromatic rings. The largest absolute Gasteiger partial charge is 0.481 e. The van der Waals surface area contributed by atoms with Gasteiger partial charge < -0.3 is 10.0 Å². The number of nitrogens with zero attached hydrogens (tertiary/aromatic N) is 1. The second-order valence-electron chi connectivity index (χ2n) is 4.91. The van der Waals surface area contributed by atoms with E-state index in [4.69, 9.17) is 5.11 Å². The van der Waals surface area contributed by atoms with Crippen LogP contribution in [0, 0.1) is 5.92 Å². The van der Waals surface area contributed by atoms with Crippen LogP contribution in [-0.4, -0.2) is 34.5 Å². The van der Waals surface area contributed by atoms with E-state index in [0.29, 0.717) is 18.9 Å². The molecule has 1 N–H and O–H groups in total. The van der Waals surface area contributed by atoms with Crippen LogP contribution in [0.25, 0.3) is 0 Å². The van der Waals surface area contributed by atoms with E-state index < -0.39 is 5.97 Å². The molecule has 98 valence electrons.